The fraction of sp³-hybridized carbons (Fsp3) is 0.364. The summed E-state index contributed by atoms with van der Waals surface area (Å²) in [5.41, 5.74) is 2.26. The molecular formula is C22H22N2O6S. The molecule has 0 bridgehead atoms. The number of carbonyl (C=O) groups excluding carboxylic acids is 2. The van der Waals surface area contributed by atoms with Gasteiger partial charge in [-0.25, -0.2) is 8.42 Å². The molecule has 0 spiro atoms. The van der Waals surface area contributed by atoms with Gasteiger partial charge >= 0.3 is 0 Å². The zero-order chi connectivity index (χ0) is 21.8. The number of aryl methyl sites for hydroxylation is 1. The molecule has 3 aliphatic rings. The second-order valence-corrected chi connectivity index (χ2v) is 10.1. The van der Waals surface area contributed by atoms with E-state index in [1.165, 1.54) is 6.26 Å². The third-order valence-electron chi connectivity index (χ3n) is 6.01. The van der Waals surface area contributed by atoms with Crippen molar-refractivity contribution in [2.45, 2.75) is 24.2 Å². The highest BCUT2D eigenvalue weighted by Gasteiger charge is 2.39. The van der Waals surface area contributed by atoms with Crippen LogP contribution in [0.4, 0.5) is 11.4 Å². The minimum atomic E-state index is -3.31. The van der Waals surface area contributed by atoms with Gasteiger partial charge in [0.05, 0.1) is 10.8 Å². The van der Waals surface area contributed by atoms with E-state index in [0.717, 1.165) is 24.1 Å². The average molecular weight is 442 g/mol. The highest BCUT2D eigenvalue weighted by molar-refractivity contribution is 7.90. The van der Waals surface area contributed by atoms with Crippen LogP contribution in [0.1, 0.15) is 18.4 Å². The number of nitrogens with zero attached hydrogens (tertiary/aromatic N) is 2. The summed E-state index contributed by atoms with van der Waals surface area (Å²) in [5, 5.41) is 0. The van der Waals surface area contributed by atoms with Crippen LogP contribution in [0, 0.1) is 5.92 Å². The second kappa shape index (κ2) is 7.26. The Bertz CT molecular complexity index is 1190. The molecule has 1 atom stereocenters. The van der Waals surface area contributed by atoms with E-state index in [9.17, 15) is 18.0 Å². The second-order valence-electron chi connectivity index (χ2n) is 8.10. The summed E-state index contributed by atoms with van der Waals surface area (Å²) >= 11 is 0. The summed E-state index contributed by atoms with van der Waals surface area (Å²) < 4.78 is 34.5. The Hall–Kier alpha value is -3.07. The molecule has 3 heterocycles. The molecule has 0 radical (unpaired) electrons. The number of amides is 2. The number of carbonyl (C=O) groups is 2. The normalized spacial score (nSPS) is 20.2. The first-order chi connectivity index (χ1) is 14.8. The van der Waals surface area contributed by atoms with Crippen molar-refractivity contribution >= 4 is 33.0 Å². The molecule has 9 heteroatoms. The number of benzene rings is 2. The van der Waals surface area contributed by atoms with Crippen LogP contribution in [0.2, 0.25) is 0 Å². The average Bonchev–Trinajstić information content (AvgIpc) is 3.37. The van der Waals surface area contributed by atoms with Crippen LogP contribution in [0.3, 0.4) is 0 Å². The Morgan fingerprint density at radius 1 is 1.10 bits per heavy atom. The summed E-state index contributed by atoms with van der Waals surface area (Å²) in [7, 11) is -3.31. The van der Waals surface area contributed by atoms with Gasteiger partial charge in [-0.3, -0.25) is 9.59 Å². The first-order valence-electron chi connectivity index (χ1n) is 10.2. The maximum atomic E-state index is 13.3. The Balaban J connectivity index is 1.37. The molecule has 0 aromatic heterocycles. The van der Waals surface area contributed by atoms with Gasteiger partial charge in [-0.15, -0.1) is 0 Å². The Morgan fingerprint density at radius 2 is 1.90 bits per heavy atom. The summed E-state index contributed by atoms with van der Waals surface area (Å²) in [5.74, 6) is 0.554. The van der Waals surface area contributed by atoms with Crippen LogP contribution in [-0.4, -0.2) is 46.4 Å². The number of ether oxygens (including phenoxy) is 2. The maximum Gasteiger partial charge on any atom is 0.232 e. The van der Waals surface area contributed by atoms with Crippen molar-refractivity contribution < 1.29 is 27.5 Å². The van der Waals surface area contributed by atoms with E-state index in [2.05, 4.69) is 0 Å². The molecule has 1 saturated heterocycles. The number of fused-ring (bicyclic) bond motifs is 2. The van der Waals surface area contributed by atoms with Gasteiger partial charge in [0.1, 0.15) is 0 Å². The molecule has 0 aliphatic carbocycles. The van der Waals surface area contributed by atoms with Crippen molar-refractivity contribution in [1.29, 1.82) is 0 Å². The number of hydrogen-bond acceptors (Lipinski definition) is 6. The molecule has 2 aromatic carbocycles. The van der Waals surface area contributed by atoms with E-state index in [0.29, 0.717) is 30.3 Å². The number of hydrogen-bond donors (Lipinski definition) is 0. The van der Waals surface area contributed by atoms with E-state index in [-0.39, 0.29) is 29.9 Å². The van der Waals surface area contributed by atoms with Gasteiger partial charge in [-0.1, -0.05) is 0 Å². The lowest BCUT2D eigenvalue weighted by Gasteiger charge is -2.31. The predicted molar refractivity (Wildman–Crippen MR) is 113 cm³/mol. The van der Waals surface area contributed by atoms with Crippen LogP contribution < -0.4 is 19.3 Å². The van der Waals surface area contributed by atoms with E-state index < -0.39 is 15.8 Å². The van der Waals surface area contributed by atoms with E-state index >= 15 is 0 Å². The van der Waals surface area contributed by atoms with Gasteiger partial charge in [0.15, 0.2) is 21.3 Å². The van der Waals surface area contributed by atoms with Gasteiger partial charge in [-0.05, 0) is 48.7 Å². The fourth-order valence-corrected chi connectivity index (χ4v) is 5.10. The van der Waals surface area contributed by atoms with E-state index in [4.69, 9.17) is 9.47 Å². The van der Waals surface area contributed by atoms with Crippen molar-refractivity contribution in [3.63, 3.8) is 0 Å². The van der Waals surface area contributed by atoms with Crippen molar-refractivity contribution in [2.75, 3.05) is 35.9 Å². The molecule has 1 unspecified atom stereocenters. The van der Waals surface area contributed by atoms with Gasteiger partial charge < -0.3 is 19.3 Å². The quantitative estimate of drug-likeness (QED) is 0.723. The minimum absolute atomic E-state index is 0.107. The first-order valence-corrected chi connectivity index (χ1v) is 12.0. The number of anilines is 2. The van der Waals surface area contributed by atoms with Gasteiger partial charge in [0.2, 0.25) is 18.6 Å². The van der Waals surface area contributed by atoms with Gasteiger partial charge in [0, 0.05) is 43.2 Å². The van der Waals surface area contributed by atoms with Crippen LogP contribution in [-0.2, 0) is 25.8 Å². The maximum absolute atomic E-state index is 13.3. The largest absolute Gasteiger partial charge is 0.454 e. The highest BCUT2D eigenvalue weighted by Crippen LogP contribution is 2.38. The minimum Gasteiger partial charge on any atom is -0.454 e. The van der Waals surface area contributed by atoms with E-state index in [1.54, 1.807) is 46.2 Å². The van der Waals surface area contributed by atoms with Crippen molar-refractivity contribution in [3.8, 4) is 11.5 Å². The Kier molecular flexibility index (Phi) is 4.65. The molecule has 5 rings (SSSR count). The predicted octanol–water partition coefficient (Wildman–Crippen LogP) is 2.15. The highest BCUT2D eigenvalue weighted by atomic mass is 32.2. The Morgan fingerprint density at radius 3 is 2.71 bits per heavy atom. The molecule has 31 heavy (non-hydrogen) atoms. The molecule has 0 N–H and O–H groups in total. The van der Waals surface area contributed by atoms with Crippen molar-refractivity contribution in [1.82, 2.24) is 0 Å². The zero-order valence-electron chi connectivity index (χ0n) is 17.0. The van der Waals surface area contributed by atoms with Crippen molar-refractivity contribution in [2.24, 2.45) is 5.92 Å². The van der Waals surface area contributed by atoms with Crippen LogP contribution in [0.15, 0.2) is 41.3 Å². The summed E-state index contributed by atoms with van der Waals surface area (Å²) in [6.45, 7) is 1.01. The molecular weight excluding hydrogens is 420 g/mol. The lowest BCUT2D eigenvalue weighted by atomic mass is 9.99. The molecule has 2 amide bonds. The third-order valence-corrected chi connectivity index (χ3v) is 7.12. The molecule has 2 aromatic rings. The first kappa shape index (κ1) is 19.9. The topological polar surface area (TPSA) is 93.2 Å². The van der Waals surface area contributed by atoms with Gasteiger partial charge in [0.25, 0.3) is 0 Å². The molecule has 162 valence electrons. The third kappa shape index (κ3) is 3.52. The van der Waals surface area contributed by atoms with Crippen LogP contribution in [0.25, 0.3) is 0 Å². The number of rotatable bonds is 3. The number of sulfone groups is 1. The lowest BCUT2D eigenvalue weighted by molar-refractivity contribution is -0.124. The lowest BCUT2D eigenvalue weighted by Crippen LogP contribution is -2.40. The van der Waals surface area contributed by atoms with Crippen LogP contribution in [0.5, 0.6) is 11.5 Å². The fourth-order valence-electron chi connectivity index (χ4n) is 4.43. The van der Waals surface area contributed by atoms with Gasteiger partial charge in [-0.2, -0.15) is 0 Å². The molecule has 1 fully saturated rings. The standard InChI is InChI=1S/C22H22N2O6S/c1-31(27,28)17-5-6-18-14(9-17)3-2-8-23(18)22(26)15-10-21(25)24(12-15)16-4-7-19-20(11-16)30-13-29-19/h4-7,9,11,15H,2-3,8,10,12-13H2,1H3. The smallest absolute Gasteiger partial charge is 0.232 e. The summed E-state index contributed by atoms with van der Waals surface area (Å²) in [4.78, 5) is 29.6. The molecule has 8 nitrogen and oxygen atoms in total. The zero-order valence-corrected chi connectivity index (χ0v) is 17.9. The monoisotopic (exact) mass is 442 g/mol. The summed E-state index contributed by atoms with van der Waals surface area (Å²) in [6.07, 6.45) is 2.78. The molecule has 3 aliphatic heterocycles. The van der Waals surface area contributed by atoms with Crippen LogP contribution >= 0.6 is 0 Å². The SMILES string of the molecule is CS(=O)(=O)c1ccc2c(c1)CCCN2C(=O)C1CC(=O)N(c2ccc3c(c2)OCO3)C1. The molecule has 0 saturated carbocycles. The Labute approximate surface area is 180 Å². The summed E-state index contributed by atoms with van der Waals surface area (Å²) in [6, 6.07) is 10.2. The van der Waals surface area contributed by atoms with E-state index in [1.807, 2.05) is 0 Å². The van der Waals surface area contributed by atoms with Crippen molar-refractivity contribution in [3.05, 3.63) is 42.0 Å².